The van der Waals surface area contributed by atoms with Crippen molar-refractivity contribution in [3.8, 4) is 11.3 Å². The third kappa shape index (κ3) is 3.22. The van der Waals surface area contributed by atoms with Gasteiger partial charge in [-0.2, -0.15) is 0 Å². The van der Waals surface area contributed by atoms with Crippen LogP contribution < -0.4 is 5.32 Å². The molecule has 0 fully saturated rings. The van der Waals surface area contributed by atoms with Gasteiger partial charge in [0.2, 0.25) is 0 Å². The lowest BCUT2D eigenvalue weighted by Gasteiger charge is -2.09. The summed E-state index contributed by atoms with van der Waals surface area (Å²) < 4.78 is 4.82. The molecule has 0 aliphatic heterocycles. The molecule has 2 heterocycles. The number of anilines is 1. The molecule has 5 nitrogen and oxygen atoms in total. The van der Waals surface area contributed by atoms with Gasteiger partial charge in [-0.05, 0) is 60.1 Å². The van der Waals surface area contributed by atoms with Gasteiger partial charge >= 0.3 is 0 Å². The number of nitrogens with zero attached hydrogens (tertiary/aromatic N) is 3. The van der Waals surface area contributed by atoms with Crippen LogP contribution in [-0.2, 0) is 0 Å². The van der Waals surface area contributed by atoms with Crippen molar-refractivity contribution in [2.45, 2.75) is 0 Å². The van der Waals surface area contributed by atoms with Crippen LogP contribution in [0, 0.1) is 0 Å². The molecule has 7 heteroatoms. The fourth-order valence-electron chi connectivity index (χ4n) is 2.45. The van der Waals surface area contributed by atoms with Crippen LogP contribution in [0.5, 0.6) is 0 Å². The van der Waals surface area contributed by atoms with Crippen molar-refractivity contribution >= 4 is 44.9 Å². The quantitative estimate of drug-likeness (QED) is 0.572. The number of amides is 1. The lowest BCUT2D eigenvalue weighted by molar-refractivity contribution is 0.102. The molecular formula is C18H11ClN4OS. The number of carbonyl (C=O) groups excluding carboxylic acids is 1. The van der Waals surface area contributed by atoms with Crippen LogP contribution in [0.3, 0.4) is 0 Å². The van der Waals surface area contributed by atoms with Gasteiger partial charge < -0.3 is 5.32 Å². The number of rotatable bonds is 3. The Morgan fingerprint density at radius 1 is 1.08 bits per heavy atom. The van der Waals surface area contributed by atoms with Crippen molar-refractivity contribution in [2.24, 2.45) is 0 Å². The van der Waals surface area contributed by atoms with Gasteiger partial charge in [0, 0.05) is 23.0 Å². The predicted octanol–water partition coefficient (Wildman–Crippen LogP) is 4.66. The summed E-state index contributed by atoms with van der Waals surface area (Å²) in [7, 11) is 0. The van der Waals surface area contributed by atoms with Gasteiger partial charge in [-0.25, -0.2) is 0 Å². The molecule has 0 saturated heterocycles. The summed E-state index contributed by atoms with van der Waals surface area (Å²) in [6, 6.07) is 16.2. The number of fused-ring (bicyclic) bond motifs is 1. The van der Waals surface area contributed by atoms with Crippen molar-refractivity contribution in [2.75, 3.05) is 5.32 Å². The van der Waals surface area contributed by atoms with Gasteiger partial charge in [-0.15, -0.1) is 5.10 Å². The topological polar surface area (TPSA) is 67.8 Å². The van der Waals surface area contributed by atoms with E-state index in [1.165, 1.54) is 11.5 Å². The van der Waals surface area contributed by atoms with Crippen LogP contribution >= 0.6 is 23.1 Å². The molecule has 0 atom stereocenters. The highest BCUT2D eigenvalue weighted by atomic mass is 35.5. The van der Waals surface area contributed by atoms with E-state index < -0.39 is 0 Å². The van der Waals surface area contributed by atoms with Gasteiger partial charge in [0.1, 0.15) is 5.52 Å². The van der Waals surface area contributed by atoms with E-state index in [9.17, 15) is 4.79 Å². The average Bonchev–Trinajstić information content (AvgIpc) is 3.11. The Labute approximate surface area is 152 Å². The van der Waals surface area contributed by atoms with Crippen LogP contribution in [0.1, 0.15) is 10.4 Å². The number of hydrogen-bond acceptors (Lipinski definition) is 5. The van der Waals surface area contributed by atoms with Gasteiger partial charge in [0.15, 0.2) is 0 Å². The highest BCUT2D eigenvalue weighted by Crippen LogP contribution is 2.29. The first-order valence-corrected chi connectivity index (χ1v) is 8.60. The van der Waals surface area contributed by atoms with Crippen LogP contribution in [-0.4, -0.2) is 20.5 Å². The molecule has 4 aromatic rings. The Balaban J connectivity index is 1.63. The Hall–Kier alpha value is -2.83. The lowest BCUT2D eigenvalue weighted by Crippen LogP contribution is -2.11. The summed E-state index contributed by atoms with van der Waals surface area (Å²) in [6.07, 6.45) is 1.70. The maximum absolute atomic E-state index is 12.5. The second kappa shape index (κ2) is 6.58. The first-order chi connectivity index (χ1) is 12.2. The maximum Gasteiger partial charge on any atom is 0.255 e. The Bertz CT molecular complexity index is 1070. The minimum atomic E-state index is -0.218. The van der Waals surface area contributed by atoms with Gasteiger partial charge in [-0.3, -0.25) is 9.78 Å². The zero-order valence-electron chi connectivity index (χ0n) is 12.8. The SMILES string of the molecule is O=C(Nc1ccc(Cl)c(-c2ccccn2)c1)c1ccc2snnc2c1. The van der Waals surface area contributed by atoms with Gasteiger partial charge in [-0.1, -0.05) is 22.2 Å². The molecule has 0 unspecified atom stereocenters. The third-order valence-corrected chi connectivity index (χ3v) is 4.71. The number of carbonyl (C=O) groups is 1. The fourth-order valence-corrected chi connectivity index (χ4v) is 3.20. The predicted molar refractivity (Wildman–Crippen MR) is 100 cm³/mol. The molecule has 0 radical (unpaired) electrons. The monoisotopic (exact) mass is 366 g/mol. The molecular weight excluding hydrogens is 356 g/mol. The Morgan fingerprint density at radius 3 is 2.84 bits per heavy atom. The van der Waals surface area contributed by atoms with E-state index in [4.69, 9.17) is 11.6 Å². The molecule has 1 N–H and O–H groups in total. The van der Waals surface area contributed by atoms with E-state index >= 15 is 0 Å². The van der Waals surface area contributed by atoms with Crippen molar-refractivity contribution in [3.05, 3.63) is 71.4 Å². The summed E-state index contributed by atoms with van der Waals surface area (Å²) in [4.78, 5) is 16.8. The number of hydrogen-bond donors (Lipinski definition) is 1. The highest BCUT2D eigenvalue weighted by Gasteiger charge is 2.11. The highest BCUT2D eigenvalue weighted by molar-refractivity contribution is 7.12. The van der Waals surface area contributed by atoms with Crippen LogP contribution in [0.15, 0.2) is 60.8 Å². The zero-order valence-corrected chi connectivity index (χ0v) is 14.4. The normalized spacial score (nSPS) is 10.8. The van der Waals surface area contributed by atoms with Crippen molar-refractivity contribution in [1.29, 1.82) is 0 Å². The van der Waals surface area contributed by atoms with Gasteiger partial charge in [0.05, 0.1) is 15.4 Å². The molecule has 4 rings (SSSR count). The van der Waals surface area contributed by atoms with Crippen LogP contribution in [0.2, 0.25) is 5.02 Å². The van der Waals surface area contributed by atoms with Crippen molar-refractivity contribution in [3.63, 3.8) is 0 Å². The molecule has 122 valence electrons. The second-order valence-electron chi connectivity index (χ2n) is 5.32. The summed E-state index contributed by atoms with van der Waals surface area (Å²) in [5.41, 5.74) is 3.39. The molecule has 0 spiro atoms. The van der Waals surface area contributed by atoms with Crippen molar-refractivity contribution in [1.82, 2.24) is 14.6 Å². The van der Waals surface area contributed by atoms with E-state index in [0.29, 0.717) is 21.8 Å². The first-order valence-electron chi connectivity index (χ1n) is 7.45. The molecule has 25 heavy (non-hydrogen) atoms. The molecule has 0 bridgehead atoms. The first kappa shape index (κ1) is 15.7. The Kier molecular flexibility index (Phi) is 4.13. The number of halogens is 1. The average molecular weight is 367 g/mol. The van der Waals surface area contributed by atoms with E-state index in [0.717, 1.165) is 16.0 Å². The largest absolute Gasteiger partial charge is 0.322 e. The molecule has 0 aliphatic rings. The smallest absolute Gasteiger partial charge is 0.255 e. The zero-order chi connectivity index (χ0) is 17.2. The summed E-state index contributed by atoms with van der Waals surface area (Å²) >= 11 is 7.57. The van der Waals surface area contributed by atoms with E-state index in [1.807, 2.05) is 30.3 Å². The van der Waals surface area contributed by atoms with Crippen LogP contribution in [0.25, 0.3) is 21.5 Å². The van der Waals surface area contributed by atoms with E-state index in [2.05, 4.69) is 19.9 Å². The second-order valence-corrected chi connectivity index (χ2v) is 6.51. The number of pyridine rings is 1. The van der Waals surface area contributed by atoms with E-state index in [1.54, 1.807) is 30.5 Å². The number of nitrogens with one attached hydrogen (secondary N) is 1. The third-order valence-electron chi connectivity index (χ3n) is 3.67. The van der Waals surface area contributed by atoms with Gasteiger partial charge in [0.25, 0.3) is 5.91 Å². The maximum atomic E-state index is 12.5. The minimum Gasteiger partial charge on any atom is -0.322 e. The Morgan fingerprint density at radius 2 is 2.00 bits per heavy atom. The molecule has 2 aromatic carbocycles. The van der Waals surface area contributed by atoms with Crippen molar-refractivity contribution < 1.29 is 4.79 Å². The summed E-state index contributed by atoms with van der Waals surface area (Å²) in [5, 5.41) is 7.45. The summed E-state index contributed by atoms with van der Waals surface area (Å²) in [5.74, 6) is -0.218. The molecule has 1 amide bonds. The summed E-state index contributed by atoms with van der Waals surface area (Å²) in [6.45, 7) is 0. The lowest BCUT2D eigenvalue weighted by atomic mass is 10.1. The molecule has 0 saturated carbocycles. The number of aromatic nitrogens is 3. The fraction of sp³-hybridized carbons (Fsp3) is 0. The van der Waals surface area contributed by atoms with E-state index in [-0.39, 0.29) is 5.91 Å². The van der Waals surface area contributed by atoms with Crippen LogP contribution in [0.4, 0.5) is 5.69 Å². The molecule has 0 aliphatic carbocycles. The molecule has 2 aromatic heterocycles. The number of benzene rings is 2. The standard InChI is InChI=1S/C18H11ClN4OS/c19-14-6-5-12(10-13(14)15-3-1-2-8-20-15)21-18(24)11-4-7-17-16(9-11)22-23-25-17/h1-10H,(H,21,24). The minimum absolute atomic E-state index is 0.218.